The van der Waals surface area contributed by atoms with Crippen LogP contribution in [0.1, 0.15) is 29.5 Å². The Balaban J connectivity index is 1.75. The van der Waals surface area contributed by atoms with Crippen molar-refractivity contribution in [3.05, 3.63) is 91.2 Å². The number of nitriles is 1. The van der Waals surface area contributed by atoms with Gasteiger partial charge in [0, 0.05) is 11.6 Å². The monoisotopic (exact) mass is 560 g/mol. The summed E-state index contributed by atoms with van der Waals surface area (Å²) in [5, 5.41) is 20.6. The molecular weight excluding hydrogens is 543 g/mol. The van der Waals surface area contributed by atoms with Crippen LogP contribution in [0.2, 0.25) is 10.0 Å². The van der Waals surface area contributed by atoms with E-state index in [-0.39, 0.29) is 23.8 Å². The average molecular weight is 562 g/mol. The van der Waals surface area contributed by atoms with Crippen LogP contribution in [0.5, 0.6) is 23.0 Å². The normalized spacial score (nSPS) is 14.7. The van der Waals surface area contributed by atoms with E-state index in [1.165, 1.54) is 6.07 Å². The number of benzene rings is 3. The number of hydrogen-bond acceptors (Lipinski definition) is 6. The summed E-state index contributed by atoms with van der Waals surface area (Å²) < 4.78 is 18.2. The maximum absolute atomic E-state index is 9.87. The lowest BCUT2D eigenvalue weighted by Crippen LogP contribution is -2.21. The highest BCUT2D eigenvalue weighted by molar-refractivity contribution is 9.10. The van der Waals surface area contributed by atoms with E-state index in [1.807, 2.05) is 25.1 Å². The van der Waals surface area contributed by atoms with E-state index in [4.69, 9.17) is 43.1 Å². The first-order valence-electron chi connectivity index (χ1n) is 10.3. The lowest BCUT2D eigenvalue weighted by Gasteiger charge is -2.27. The lowest BCUT2D eigenvalue weighted by molar-refractivity contribution is 0.267. The minimum absolute atomic E-state index is 0.0142. The highest BCUT2D eigenvalue weighted by Gasteiger charge is 2.32. The Morgan fingerprint density at radius 1 is 1.12 bits per heavy atom. The van der Waals surface area contributed by atoms with Gasteiger partial charge in [-0.25, -0.2) is 0 Å². The molecule has 1 aliphatic heterocycles. The van der Waals surface area contributed by atoms with Crippen molar-refractivity contribution in [1.29, 1.82) is 5.26 Å². The van der Waals surface area contributed by atoms with Crippen LogP contribution < -0.4 is 19.9 Å². The second-order valence-electron chi connectivity index (χ2n) is 7.45. The lowest BCUT2D eigenvalue weighted by atomic mass is 9.83. The Morgan fingerprint density at radius 2 is 1.91 bits per heavy atom. The predicted molar refractivity (Wildman–Crippen MR) is 134 cm³/mol. The average Bonchev–Trinajstić information content (AvgIpc) is 2.79. The number of nitrogens with zero attached hydrogens (tertiary/aromatic N) is 1. The van der Waals surface area contributed by atoms with Gasteiger partial charge < -0.3 is 25.1 Å². The number of phenols is 1. The fourth-order valence-electron chi connectivity index (χ4n) is 3.73. The minimum atomic E-state index is -0.519. The largest absolute Gasteiger partial charge is 0.508 e. The van der Waals surface area contributed by atoms with Gasteiger partial charge in [0.05, 0.1) is 27.0 Å². The van der Waals surface area contributed by atoms with E-state index in [2.05, 4.69) is 22.0 Å². The van der Waals surface area contributed by atoms with E-state index < -0.39 is 5.92 Å². The molecule has 0 amide bonds. The Kier molecular flexibility index (Phi) is 7.13. The van der Waals surface area contributed by atoms with E-state index in [0.717, 1.165) is 11.1 Å². The molecular formula is C25H19BrCl2N2O4. The summed E-state index contributed by atoms with van der Waals surface area (Å²) in [7, 11) is 0. The summed E-state index contributed by atoms with van der Waals surface area (Å²) in [5.74, 6) is 0.886. The summed E-state index contributed by atoms with van der Waals surface area (Å²) in [4.78, 5) is 0. The SMILES string of the molecule is CCOc1cc([C@@H]2C(C#N)=C(N)Oc3cc(O)ccc32)cc(Br)c1OCc1ccc(Cl)c(Cl)c1. The van der Waals surface area contributed by atoms with Crippen molar-refractivity contribution in [1.82, 2.24) is 0 Å². The Hall–Kier alpha value is -3.05. The summed E-state index contributed by atoms with van der Waals surface area (Å²) in [5.41, 5.74) is 8.59. The molecule has 1 atom stereocenters. The van der Waals surface area contributed by atoms with Gasteiger partial charge in [0.25, 0.3) is 0 Å². The Morgan fingerprint density at radius 3 is 2.62 bits per heavy atom. The van der Waals surface area contributed by atoms with Crippen molar-refractivity contribution in [3.8, 4) is 29.1 Å². The molecule has 1 heterocycles. The van der Waals surface area contributed by atoms with Crippen molar-refractivity contribution in [2.24, 2.45) is 5.73 Å². The molecule has 0 fully saturated rings. The summed E-state index contributed by atoms with van der Waals surface area (Å²) >= 11 is 15.7. The molecule has 4 rings (SSSR count). The maximum atomic E-state index is 9.87. The van der Waals surface area contributed by atoms with Gasteiger partial charge in [0.1, 0.15) is 29.7 Å². The zero-order chi connectivity index (χ0) is 24.4. The molecule has 0 saturated heterocycles. The number of nitrogens with two attached hydrogens (primary N) is 1. The van der Waals surface area contributed by atoms with Crippen LogP contribution in [0.3, 0.4) is 0 Å². The zero-order valence-electron chi connectivity index (χ0n) is 17.9. The van der Waals surface area contributed by atoms with Crippen LogP contribution in [0.25, 0.3) is 0 Å². The molecule has 0 unspecified atom stereocenters. The second kappa shape index (κ2) is 10.1. The molecule has 0 aliphatic carbocycles. The van der Waals surface area contributed by atoms with Crippen LogP contribution in [-0.4, -0.2) is 11.7 Å². The highest BCUT2D eigenvalue weighted by Crippen LogP contribution is 2.47. The van der Waals surface area contributed by atoms with E-state index in [0.29, 0.717) is 43.9 Å². The zero-order valence-corrected chi connectivity index (χ0v) is 21.0. The third kappa shape index (κ3) is 4.76. The van der Waals surface area contributed by atoms with Crippen molar-refractivity contribution in [3.63, 3.8) is 0 Å². The summed E-state index contributed by atoms with van der Waals surface area (Å²) in [6, 6.07) is 15.8. The fourth-order valence-corrected chi connectivity index (χ4v) is 4.62. The van der Waals surface area contributed by atoms with Crippen molar-refractivity contribution >= 4 is 39.1 Å². The number of phenolic OH excluding ortho intramolecular Hbond substituents is 1. The quantitative estimate of drug-likeness (QED) is 0.349. The number of rotatable bonds is 6. The Labute approximate surface area is 215 Å². The molecule has 0 saturated carbocycles. The van der Waals surface area contributed by atoms with Gasteiger partial charge in [-0.1, -0.05) is 35.3 Å². The van der Waals surface area contributed by atoms with Gasteiger partial charge in [-0.05, 0) is 64.3 Å². The predicted octanol–water partition coefficient (Wildman–Crippen LogP) is 6.66. The molecule has 174 valence electrons. The summed E-state index contributed by atoms with van der Waals surface area (Å²) in [6.45, 7) is 2.51. The summed E-state index contributed by atoms with van der Waals surface area (Å²) in [6.07, 6.45) is 0. The van der Waals surface area contributed by atoms with Gasteiger partial charge in [-0.2, -0.15) is 5.26 Å². The third-order valence-electron chi connectivity index (χ3n) is 5.23. The van der Waals surface area contributed by atoms with Gasteiger partial charge in [0.2, 0.25) is 5.88 Å². The second-order valence-corrected chi connectivity index (χ2v) is 9.12. The molecule has 3 aromatic carbocycles. The first-order valence-corrected chi connectivity index (χ1v) is 11.8. The fraction of sp³-hybridized carbons (Fsp3) is 0.160. The first-order chi connectivity index (χ1) is 16.3. The minimum Gasteiger partial charge on any atom is -0.508 e. The molecule has 34 heavy (non-hydrogen) atoms. The number of allylic oxidation sites excluding steroid dienone is 1. The van der Waals surface area contributed by atoms with E-state index in [9.17, 15) is 10.4 Å². The number of halogens is 3. The van der Waals surface area contributed by atoms with Gasteiger partial charge in [0.15, 0.2) is 11.5 Å². The molecule has 6 nitrogen and oxygen atoms in total. The van der Waals surface area contributed by atoms with Crippen LogP contribution in [0.15, 0.2) is 64.5 Å². The number of hydrogen-bond donors (Lipinski definition) is 2. The van der Waals surface area contributed by atoms with Crippen LogP contribution in [-0.2, 0) is 6.61 Å². The topological polar surface area (TPSA) is 97.7 Å². The first kappa shape index (κ1) is 24.1. The number of ether oxygens (including phenoxy) is 3. The number of fused-ring (bicyclic) bond motifs is 1. The van der Waals surface area contributed by atoms with Gasteiger partial charge in [-0.15, -0.1) is 0 Å². The van der Waals surface area contributed by atoms with Crippen molar-refractivity contribution in [2.75, 3.05) is 6.61 Å². The van der Waals surface area contributed by atoms with Crippen LogP contribution in [0, 0.1) is 11.3 Å². The molecule has 0 bridgehead atoms. The highest BCUT2D eigenvalue weighted by atomic mass is 79.9. The van der Waals surface area contributed by atoms with Crippen LogP contribution >= 0.6 is 39.1 Å². The smallest absolute Gasteiger partial charge is 0.205 e. The molecule has 0 aromatic heterocycles. The molecule has 9 heteroatoms. The van der Waals surface area contributed by atoms with Crippen molar-refractivity contribution in [2.45, 2.75) is 19.4 Å². The molecule has 3 aromatic rings. The molecule has 3 N–H and O–H groups in total. The molecule has 1 aliphatic rings. The van der Waals surface area contributed by atoms with Crippen molar-refractivity contribution < 1.29 is 19.3 Å². The van der Waals surface area contributed by atoms with Gasteiger partial charge in [-0.3, -0.25) is 0 Å². The molecule has 0 spiro atoms. The van der Waals surface area contributed by atoms with E-state index in [1.54, 1.807) is 24.3 Å². The van der Waals surface area contributed by atoms with Gasteiger partial charge >= 0.3 is 0 Å². The third-order valence-corrected chi connectivity index (χ3v) is 6.56. The molecule has 0 radical (unpaired) electrons. The number of aromatic hydroxyl groups is 1. The standard InChI is InChI=1S/C25H19BrCl2N2O4/c1-2-32-22-9-14(8-18(26)24(22)33-12-13-3-6-19(27)20(28)7-13)23-16-5-4-15(31)10-21(16)34-25(30)17(23)11-29/h3-10,23,31H,2,12,30H2,1H3/t23-/m0/s1. The van der Waals surface area contributed by atoms with E-state index >= 15 is 0 Å². The van der Waals surface area contributed by atoms with Crippen LogP contribution in [0.4, 0.5) is 0 Å². The Bertz CT molecular complexity index is 1340. The maximum Gasteiger partial charge on any atom is 0.205 e.